The average molecular weight is 288 g/mol. The Hall–Kier alpha value is -1.29. The molecule has 0 unspecified atom stereocenters. The lowest BCUT2D eigenvalue weighted by Gasteiger charge is -2.00. The van der Waals surface area contributed by atoms with Crippen molar-refractivity contribution in [3.05, 3.63) is 28.7 Å². The molecular formula is C9H12N4O3S2. The zero-order valence-corrected chi connectivity index (χ0v) is 11.2. The van der Waals surface area contributed by atoms with Gasteiger partial charge in [0.1, 0.15) is 4.21 Å². The number of aromatic nitrogens is 2. The highest BCUT2D eigenvalue weighted by atomic mass is 32.2. The molecule has 2 heterocycles. The van der Waals surface area contributed by atoms with Gasteiger partial charge in [0.25, 0.3) is 0 Å². The normalized spacial score (nSPS) is 11.9. The van der Waals surface area contributed by atoms with Crippen LogP contribution in [0.4, 0.5) is 0 Å². The van der Waals surface area contributed by atoms with Crippen molar-refractivity contribution >= 4 is 21.4 Å². The van der Waals surface area contributed by atoms with E-state index in [-0.39, 0.29) is 16.6 Å². The molecule has 0 amide bonds. The molecule has 2 rings (SSSR count). The minimum atomic E-state index is -3.56. The molecule has 0 fully saturated rings. The van der Waals surface area contributed by atoms with E-state index in [0.29, 0.717) is 6.54 Å². The van der Waals surface area contributed by atoms with Crippen LogP contribution in [-0.2, 0) is 23.1 Å². The maximum Gasteiger partial charge on any atom is 0.250 e. The molecule has 0 bridgehead atoms. The first-order valence-electron chi connectivity index (χ1n) is 5.07. The molecule has 0 aliphatic heterocycles. The lowest BCUT2D eigenvalue weighted by Crippen LogP contribution is -2.22. The summed E-state index contributed by atoms with van der Waals surface area (Å²) in [6.07, 6.45) is 1.14. The van der Waals surface area contributed by atoms with Gasteiger partial charge in [0.05, 0.1) is 6.54 Å². The summed E-state index contributed by atoms with van der Waals surface area (Å²) in [5, 5.41) is 3.52. The summed E-state index contributed by atoms with van der Waals surface area (Å²) < 4.78 is 31.1. The number of nitrogens with one attached hydrogen (secondary N) is 1. The standard InChI is InChI=1S/C9H12N4O3S2/c1-6-2-9(17-7(6)3-10)18(14,15)12-4-8-11-5-16-13-8/h2,5,12H,3-4,10H2,1H3. The molecule has 0 aliphatic rings. The maximum absolute atomic E-state index is 12.0. The van der Waals surface area contributed by atoms with Gasteiger partial charge in [-0.1, -0.05) is 5.16 Å². The molecule has 0 saturated heterocycles. The highest BCUT2D eigenvalue weighted by Crippen LogP contribution is 2.25. The second-order valence-electron chi connectivity index (χ2n) is 3.55. The van der Waals surface area contributed by atoms with E-state index in [1.807, 2.05) is 6.92 Å². The minimum Gasteiger partial charge on any atom is -0.343 e. The van der Waals surface area contributed by atoms with E-state index in [1.54, 1.807) is 6.07 Å². The van der Waals surface area contributed by atoms with Crippen molar-refractivity contribution in [1.29, 1.82) is 0 Å². The number of thiophene rings is 1. The quantitative estimate of drug-likeness (QED) is 0.822. The lowest BCUT2D eigenvalue weighted by molar-refractivity contribution is 0.409. The summed E-state index contributed by atoms with van der Waals surface area (Å²) in [7, 11) is -3.56. The summed E-state index contributed by atoms with van der Waals surface area (Å²) in [6.45, 7) is 2.15. The third kappa shape index (κ3) is 2.75. The Morgan fingerprint density at radius 3 is 2.89 bits per heavy atom. The molecule has 2 aromatic heterocycles. The number of hydrogen-bond acceptors (Lipinski definition) is 7. The van der Waals surface area contributed by atoms with Crippen LogP contribution >= 0.6 is 11.3 Å². The molecule has 7 nitrogen and oxygen atoms in total. The first-order valence-corrected chi connectivity index (χ1v) is 7.37. The van der Waals surface area contributed by atoms with E-state index >= 15 is 0 Å². The van der Waals surface area contributed by atoms with Gasteiger partial charge in [-0.3, -0.25) is 0 Å². The fourth-order valence-electron chi connectivity index (χ4n) is 1.32. The Bertz CT molecular complexity index is 618. The molecule has 0 aliphatic carbocycles. The van der Waals surface area contributed by atoms with Gasteiger partial charge in [-0.2, -0.15) is 4.98 Å². The Kier molecular flexibility index (Phi) is 3.76. The predicted molar refractivity (Wildman–Crippen MR) is 65.3 cm³/mol. The monoisotopic (exact) mass is 288 g/mol. The highest BCUT2D eigenvalue weighted by Gasteiger charge is 2.18. The first kappa shape index (κ1) is 13.1. The van der Waals surface area contributed by atoms with E-state index in [0.717, 1.165) is 28.2 Å². The third-order valence-corrected chi connectivity index (χ3v) is 5.41. The zero-order chi connectivity index (χ0) is 13.2. The van der Waals surface area contributed by atoms with Crippen LogP contribution in [0.2, 0.25) is 0 Å². The fourth-order valence-corrected chi connectivity index (χ4v) is 3.82. The van der Waals surface area contributed by atoms with Crippen molar-refractivity contribution in [2.75, 3.05) is 0 Å². The van der Waals surface area contributed by atoms with Crippen LogP contribution in [0.15, 0.2) is 21.2 Å². The van der Waals surface area contributed by atoms with Crippen LogP contribution in [-0.4, -0.2) is 18.6 Å². The second-order valence-corrected chi connectivity index (χ2v) is 6.68. The summed E-state index contributed by atoms with van der Waals surface area (Å²) in [6, 6.07) is 1.60. The van der Waals surface area contributed by atoms with Crippen molar-refractivity contribution in [1.82, 2.24) is 14.9 Å². The average Bonchev–Trinajstić information content (AvgIpc) is 2.95. The molecule has 18 heavy (non-hydrogen) atoms. The van der Waals surface area contributed by atoms with Gasteiger partial charge in [-0.25, -0.2) is 13.1 Å². The molecular weight excluding hydrogens is 276 g/mol. The van der Waals surface area contributed by atoms with Gasteiger partial charge >= 0.3 is 0 Å². The zero-order valence-electron chi connectivity index (χ0n) is 9.58. The Balaban J connectivity index is 2.14. The first-order chi connectivity index (χ1) is 8.53. The Morgan fingerprint density at radius 1 is 1.56 bits per heavy atom. The largest absolute Gasteiger partial charge is 0.343 e. The van der Waals surface area contributed by atoms with E-state index in [1.165, 1.54) is 0 Å². The van der Waals surface area contributed by atoms with Crippen molar-refractivity contribution in [3.8, 4) is 0 Å². The van der Waals surface area contributed by atoms with Crippen LogP contribution in [0.1, 0.15) is 16.3 Å². The van der Waals surface area contributed by atoms with Gasteiger partial charge in [-0.15, -0.1) is 11.3 Å². The van der Waals surface area contributed by atoms with Crippen molar-refractivity contribution in [3.63, 3.8) is 0 Å². The predicted octanol–water partition coefficient (Wildman–Crippen LogP) is 0.377. The minimum absolute atomic E-state index is 0.00621. The molecule has 0 atom stereocenters. The number of nitrogens with two attached hydrogens (primary N) is 1. The lowest BCUT2D eigenvalue weighted by atomic mass is 10.3. The number of aryl methyl sites for hydroxylation is 1. The SMILES string of the molecule is Cc1cc(S(=O)(=O)NCc2ncon2)sc1CN. The van der Waals surface area contributed by atoms with Crippen LogP contribution in [0.3, 0.4) is 0 Å². The number of rotatable bonds is 5. The van der Waals surface area contributed by atoms with Gasteiger partial charge in [0.15, 0.2) is 5.82 Å². The molecule has 2 aromatic rings. The van der Waals surface area contributed by atoms with Gasteiger partial charge in [-0.05, 0) is 18.6 Å². The third-order valence-electron chi connectivity index (χ3n) is 2.28. The van der Waals surface area contributed by atoms with Gasteiger partial charge < -0.3 is 10.3 Å². The highest BCUT2D eigenvalue weighted by molar-refractivity contribution is 7.91. The van der Waals surface area contributed by atoms with Crippen LogP contribution in [0, 0.1) is 6.92 Å². The maximum atomic E-state index is 12.0. The molecule has 0 saturated carbocycles. The fraction of sp³-hybridized carbons (Fsp3) is 0.333. The number of sulfonamides is 1. The molecule has 9 heteroatoms. The molecule has 0 radical (unpaired) electrons. The van der Waals surface area contributed by atoms with E-state index in [9.17, 15) is 8.42 Å². The van der Waals surface area contributed by atoms with Gasteiger partial charge in [0, 0.05) is 11.4 Å². The van der Waals surface area contributed by atoms with Crippen molar-refractivity contribution < 1.29 is 12.9 Å². The van der Waals surface area contributed by atoms with Gasteiger partial charge in [0.2, 0.25) is 16.4 Å². The van der Waals surface area contributed by atoms with Crippen LogP contribution in [0.5, 0.6) is 0 Å². The van der Waals surface area contributed by atoms with Crippen LogP contribution in [0.25, 0.3) is 0 Å². The van der Waals surface area contributed by atoms with E-state index in [4.69, 9.17) is 5.73 Å². The topological polar surface area (TPSA) is 111 Å². The Morgan fingerprint density at radius 2 is 2.33 bits per heavy atom. The van der Waals surface area contributed by atoms with Crippen molar-refractivity contribution in [2.45, 2.75) is 24.2 Å². The Labute approximate surface area is 108 Å². The summed E-state index contributed by atoms with van der Waals surface area (Å²) in [5.74, 6) is 0.283. The number of hydrogen-bond donors (Lipinski definition) is 2. The van der Waals surface area contributed by atoms with Crippen LogP contribution < -0.4 is 10.5 Å². The summed E-state index contributed by atoms with van der Waals surface area (Å²) in [4.78, 5) is 4.59. The second kappa shape index (κ2) is 5.14. The number of nitrogens with zero attached hydrogens (tertiary/aromatic N) is 2. The molecule has 0 spiro atoms. The summed E-state index contributed by atoms with van der Waals surface area (Å²) >= 11 is 1.16. The summed E-state index contributed by atoms with van der Waals surface area (Å²) in [5.41, 5.74) is 6.40. The molecule has 0 aromatic carbocycles. The molecule has 3 N–H and O–H groups in total. The van der Waals surface area contributed by atoms with Crippen molar-refractivity contribution in [2.24, 2.45) is 5.73 Å². The van der Waals surface area contributed by atoms with E-state index < -0.39 is 10.0 Å². The molecule has 98 valence electrons. The van der Waals surface area contributed by atoms with E-state index in [2.05, 4.69) is 19.4 Å². The smallest absolute Gasteiger partial charge is 0.250 e.